The van der Waals surface area contributed by atoms with Crippen molar-refractivity contribution in [2.45, 2.75) is 69.7 Å². The Bertz CT molecular complexity index is 1390. The molecule has 1 atom stereocenters. The van der Waals surface area contributed by atoms with Crippen LogP contribution in [0, 0.1) is 5.92 Å². The maximum absolute atomic E-state index is 15.3. The first-order valence-corrected chi connectivity index (χ1v) is 15.2. The maximum Gasteiger partial charge on any atom is 0.419 e. The molecule has 0 bridgehead atoms. The fourth-order valence-corrected chi connectivity index (χ4v) is 7.15. The van der Waals surface area contributed by atoms with Crippen LogP contribution in [-0.2, 0) is 32.4 Å². The van der Waals surface area contributed by atoms with Crippen molar-refractivity contribution in [3.63, 3.8) is 0 Å². The van der Waals surface area contributed by atoms with Gasteiger partial charge in [0.05, 0.1) is 49.8 Å². The van der Waals surface area contributed by atoms with Crippen molar-refractivity contribution in [3.8, 4) is 11.3 Å². The number of rotatable bonds is 8. The Kier molecular flexibility index (Phi) is 8.73. The first kappa shape index (κ1) is 31.9. The summed E-state index contributed by atoms with van der Waals surface area (Å²) in [6.45, 7) is 2.90. The van der Waals surface area contributed by atoms with E-state index in [2.05, 4.69) is 20.4 Å². The number of anilines is 1. The van der Waals surface area contributed by atoms with E-state index in [9.17, 15) is 26.7 Å². The molecule has 12 nitrogen and oxygen atoms in total. The summed E-state index contributed by atoms with van der Waals surface area (Å²) >= 11 is 0. The van der Waals surface area contributed by atoms with Crippen LogP contribution in [-0.4, -0.2) is 105 Å². The van der Waals surface area contributed by atoms with Gasteiger partial charge in [-0.1, -0.05) is 0 Å². The van der Waals surface area contributed by atoms with E-state index in [0.29, 0.717) is 32.3 Å². The summed E-state index contributed by atoms with van der Waals surface area (Å²) < 4.78 is 113. The third kappa shape index (κ3) is 7.25. The average Bonchev–Trinajstić information content (AvgIpc) is 3.61. The van der Waals surface area contributed by atoms with Crippen molar-refractivity contribution < 1.29 is 45.0 Å². The highest BCUT2D eigenvalue weighted by Gasteiger charge is 2.50. The Labute approximate surface area is 245 Å². The monoisotopic (exact) mass is 639 g/mol. The largest absolute Gasteiger partial charge is 0.419 e. The van der Waals surface area contributed by atoms with E-state index < -0.39 is 57.7 Å². The molecule has 0 spiro atoms. The lowest BCUT2D eigenvalue weighted by Crippen LogP contribution is -2.59. The second-order valence-corrected chi connectivity index (χ2v) is 13.6. The number of piperidine rings is 2. The molecule has 0 amide bonds. The zero-order valence-corrected chi connectivity index (χ0v) is 24.4. The summed E-state index contributed by atoms with van der Waals surface area (Å²) in [5, 5.41) is 16.4. The molecular weight excluding hydrogens is 605 g/mol. The fraction of sp³-hybridized carbons (Fsp3) is 0.720. The number of nitrogens with one attached hydrogen (secondary N) is 1. The molecule has 2 aromatic heterocycles. The Morgan fingerprint density at radius 1 is 1.07 bits per heavy atom. The van der Waals surface area contributed by atoms with Crippen LogP contribution in [0.25, 0.3) is 11.3 Å². The van der Waals surface area contributed by atoms with Crippen LogP contribution >= 0.6 is 0 Å². The number of aliphatic hydroxyl groups is 1. The molecule has 2 N–H and O–H groups in total. The van der Waals surface area contributed by atoms with Gasteiger partial charge in [0.1, 0.15) is 5.56 Å². The molecule has 0 aromatic carbocycles. The molecule has 0 saturated carbocycles. The third-order valence-electron chi connectivity index (χ3n) is 7.60. The van der Waals surface area contributed by atoms with Crippen molar-refractivity contribution in [2.24, 2.45) is 5.92 Å². The molecule has 18 heteroatoms. The predicted molar refractivity (Wildman–Crippen MR) is 142 cm³/mol. The maximum atomic E-state index is 15.3. The fourth-order valence-electron chi connectivity index (χ4n) is 5.48. The molecule has 3 fully saturated rings. The van der Waals surface area contributed by atoms with Crippen LogP contribution in [0.5, 0.6) is 0 Å². The number of aromatic nitrogens is 4. The third-order valence-corrected chi connectivity index (χ3v) is 9.58. The average molecular weight is 640 g/mol. The number of halogens is 5. The standard InChI is InChI=1S/C25H34F5N7O5S/c1-23(2,38)14-35-13-17(11-32-35)20-18(25(28,29)30)12-31-22(34-20)33-19-5-8-37(15-24(19,26)27)43(39,40)36-6-3-16(4-7-36)21-41-9-10-42-21/h11-13,16,19,21,38H,3-10,14-15H2,1-2H3,(H,31,33,34). The summed E-state index contributed by atoms with van der Waals surface area (Å²) in [6.07, 6.45) is -1.73. The van der Waals surface area contributed by atoms with Gasteiger partial charge in [0.15, 0.2) is 6.29 Å². The van der Waals surface area contributed by atoms with E-state index in [1.165, 1.54) is 29.0 Å². The number of alkyl halides is 5. The second-order valence-electron chi connectivity index (χ2n) is 11.6. The highest BCUT2D eigenvalue weighted by Crippen LogP contribution is 2.37. The summed E-state index contributed by atoms with van der Waals surface area (Å²) in [5.74, 6) is -4.04. The van der Waals surface area contributed by atoms with Crippen LogP contribution in [0.4, 0.5) is 27.9 Å². The molecule has 43 heavy (non-hydrogen) atoms. The van der Waals surface area contributed by atoms with Gasteiger partial charge in [-0.15, -0.1) is 0 Å². The van der Waals surface area contributed by atoms with E-state index in [1.54, 1.807) is 0 Å². The van der Waals surface area contributed by atoms with Crippen LogP contribution in [0.3, 0.4) is 0 Å². The van der Waals surface area contributed by atoms with Gasteiger partial charge in [-0.3, -0.25) is 4.68 Å². The van der Waals surface area contributed by atoms with Gasteiger partial charge in [0.2, 0.25) is 5.95 Å². The highest BCUT2D eigenvalue weighted by atomic mass is 32.2. The van der Waals surface area contributed by atoms with E-state index in [0.717, 1.165) is 10.5 Å². The number of ether oxygens (including phenoxy) is 2. The number of hydrogen-bond donors (Lipinski definition) is 2. The normalized spacial score (nSPS) is 23.6. The lowest BCUT2D eigenvalue weighted by molar-refractivity contribution is -0.137. The van der Waals surface area contributed by atoms with E-state index in [4.69, 9.17) is 9.47 Å². The van der Waals surface area contributed by atoms with E-state index in [1.807, 2.05) is 0 Å². The van der Waals surface area contributed by atoms with Gasteiger partial charge in [-0.2, -0.15) is 35.3 Å². The molecular formula is C25H34F5N7O5S. The predicted octanol–water partition coefficient (Wildman–Crippen LogP) is 2.58. The Hall–Kier alpha value is -2.51. The van der Waals surface area contributed by atoms with Gasteiger partial charge in [0.25, 0.3) is 16.1 Å². The van der Waals surface area contributed by atoms with Gasteiger partial charge in [0, 0.05) is 43.5 Å². The number of nitrogens with zero attached hydrogens (tertiary/aromatic N) is 6. The van der Waals surface area contributed by atoms with Crippen molar-refractivity contribution >= 4 is 16.2 Å². The Morgan fingerprint density at radius 3 is 2.33 bits per heavy atom. The first-order chi connectivity index (χ1) is 20.0. The van der Waals surface area contributed by atoms with Crippen molar-refractivity contribution in [3.05, 3.63) is 24.2 Å². The second kappa shape index (κ2) is 11.8. The molecule has 0 aliphatic carbocycles. The van der Waals surface area contributed by atoms with E-state index in [-0.39, 0.29) is 50.4 Å². The molecule has 5 heterocycles. The minimum absolute atomic E-state index is 0.0143. The van der Waals surface area contributed by atoms with Crippen molar-refractivity contribution in [1.29, 1.82) is 0 Å². The van der Waals surface area contributed by atoms with Crippen LogP contribution in [0.2, 0.25) is 0 Å². The van der Waals surface area contributed by atoms with Gasteiger partial charge in [-0.25, -0.2) is 18.7 Å². The number of hydrogen-bond acceptors (Lipinski definition) is 9. The molecule has 5 rings (SSSR count). The summed E-state index contributed by atoms with van der Waals surface area (Å²) in [5.41, 5.74) is -3.02. The highest BCUT2D eigenvalue weighted by molar-refractivity contribution is 7.86. The molecule has 240 valence electrons. The zero-order valence-electron chi connectivity index (χ0n) is 23.6. The molecule has 3 aliphatic heterocycles. The molecule has 3 saturated heterocycles. The van der Waals surface area contributed by atoms with Crippen molar-refractivity contribution in [2.75, 3.05) is 44.7 Å². The van der Waals surface area contributed by atoms with Crippen LogP contribution in [0.1, 0.15) is 38.7 Å². The minimum atomic E-state index is -4.85. The topological polar surface area (TPSA) is 135 Å². The Balaban J connectivity index is 1.28. The lowest BCUT2D eigenvalue weighted by atomic mass is 9.98. The molecule has 0 radical (unpaired) electrons. The van der Waals surface area contributed by atoms with Gasteiger partial charge < -0.3 is 19.9 Å². The molecule has 2 aromatic rings. The smallest absolute Gasteiger partial charge is 0.389 e. The minimum Gasteiger partial charge on any atom is -0.389 e. The van der Waals surface area contributed by atoms with Crippen LogP contribution < -0.4 is 5.32 Å². The summed E-state index contributed by atoms with van der Waals surface area (Å²) in [6, 6.07) is -1.64. The van der Waals surface area contributed by atoms with Gasteiger partial charge in [-0.05, 0) is 33.1 Å². The summed E-state index contributed by atoms with van der Waals surface area (Å²) in [4.78, 5) is 7.54. The first-order valence-electron chi connectivity index (χ1n) is 13.9. The lowest BCUT2D eigenvalue weighted by Gasteiger charge is -2.41. The molecule has 3 aliphatic rings. The zero-order chi connectivity index (χ0) is 31.2. The van der Waals surface area contributed by atoms with Crippen LogP contribution in [0.15, 0.2) is 18.6 Å². The van der Waals surface area contributed by atoms with Gasteiger partial charge >= 0.3 is 6.18 Å². The van der Waals surface area contributed by atoms with Crippen molar-refractivity contribution in [1.82, 2.24) is 28.4 Å². The quantitative estimate of drug-likeness (QED) is 0.418. The Morgan fingerprint density at radius 2 is 1.72 bits per heavy atom. The van der Waals surface area contributed by atoms with E-state index >= 15 is 8.78 Å². The summed E-state index contributed by atoms with van der Waals surface area (Å²) in [7, 11) is -4.18. The SMILES string of the molecule is CC(C)(O)Cn1cc(-c2nc(NC3CCN(S(=O)(=O)N4CCC(C5OCCO5)CC4)CC3(F)F)ncc2C(F)(F)F)cn1. The molecule has 1 unspecified atom stereocenters.